The van der Waals surface area contributed by atoms with Gasteiger partial charge >= 0.3 is 0 Å². The maximum atomic E-state index is 11.9. The van der Waals surface area contributed by atoms with Gasteiger partial charge in [0.2, 0.25) is 11.8 Å². The van der Waals surface area contributed by atoms with E-state index in [-0.39, 0.29) is 11.8 Å². The quantitative estimate of drug-likeness (QED) is 0.707. The van der Waals surface area contributed by atoms with Gasteiger partial charge in [0.1, 0.15) is 12.1 Å². The van der Waals surface area contributed by atoms with E-state index in [2.05, 4.69) is 10.6 Å². The Morgan fingerprint density at radius 2 is 2.11 bits per heavy atom. The zero-order valence-electron chi connectivity index (χ0n) is 10.1. The number of benzene rings is 1. The third-order valence-electron chi connectivity index (χ3n) is 3.04. The van der Waals surface area contributed by atoms with Crippen molar-refractivity contribution in [1.29, 1.82) is 0 Å². The second-order valence-electron chi connectivity index (χ2n) is 4.38. The number of amides is 2. The first kappa shape index (κ1) is 12.6. The summed E-state index contributed by atoms with van der Waals surface area (Å²) < 4.78 is 0. The minimum Gasteiger partial charge on any atom is -0.354 e. The number of hydrogen-bond acceptors (Lipinski definition) is 3. The first-order valence-electron chi connectivity index (χ1n) is 6.07. The lowest BCUT2D eigenvalue weighted by atomic mass is 10.0. The van der Waals surface area contributed by atoms with Crippen molar-refractivity contribution in [3.63, 3.8) is 0 Å². The fourth-order valence-corrected chi connectivity index (χ4v) is 1.98. The SMILES string of the molecule is N[C@@H](C(=O)NC1CCCNC1=O)c1ccccc1. The van der Waals surface area contributed by atoms with E-state index < -0.39 is 12.1 Å². The number of carbonyl (C=O) groups is 2. The van der Waals surface area contributed by atoms with Gasteiger partial charge in [-0.1, -0.05) is 30.3 Å². The van der Waals surface area contributed by atoms with E-state index in [4.69, 9.17) is 5.73 Å². The Morgan fingerprint density at radius 1 is 1.39 bits per heavy atom. The Morgan fingerprint density at radius 3 is 2.78 bits per heavy atom. The molecule has 0 spiro atoms. The van der Waals surface area contributed by atoms with Gasteiger partial charge < -0.3 is 16.4 Å². The molecule has 5 heteroatoms. The van der Waals surface area contributed by atoms with Crippen molar-refractivity contribution < 1.29 is 9.59 Å². The summed E-state index contributed by atoms with van der Waals surface area (Å²) in [7, 11) is 0. The van der Waals surface area contributed by atoms with Crippen LogP contribution in [0.2, 0.25) is 0 Å². The molecule has 4 N–H and O–H groups in total. The molecule has 0 aromatic heterocycles. The van der Waals surface area contributed by atoms with Crippen LogP contribution in [0.1, 0.15) is 24.4 Å². The summed E-state index contributed by atoms with van der Waals surface area (Å²) in [5.41, 5.74) is 6.60. The second kappa shape index (κ2) is 5.64. The largest absolute Gasteiger partial charge is 0.354 e. The first-order chi connectivity index (χ1) is 8.68. The summed E-state index contributed by atoms with van der Waals surface area (Å²) in [4.78, 5) is 23.5. The van der Waals surface area contributed by atoms with Crippen molar-refractivity contribution in [1.82, 2.24) is 10.6 Å². The smallest absolute Gasteiger partial charge is 0.242 e. The van der Waals surface area contributed by atoms with Crippen LogP contribution < -0.4 is 16.4 Å². The lowest BCUT2D eigenvalue weighted by Crippen LogP contribution is -2.52. The van der Waals surface area contributed by atoms with Crippen LogP contribution in [0.25, 0.3) is 0 Å². The Labute approximate surface area is 106 Å². The van der Waals surface area contributed by atoms with Crippen LogP contribution in [0, 0.1) is 0 Å². The van der Waals surface area contributed by atoms with Gasteiger partial charge in [0.15, 0.2) is 0 Å². The van der Waals surface area contributed by atoms with Gasteiger partial charge in [-0.15, -0.1) is 0 Å². The monoisotopic (exact) mass is 247 g/mol. The van der Waals surface area contributed by atoms with E-state index >= 15 is 0 Å². The number of piperidine rings is 1. The maximum Gasteiger partial charge on any atom is 0.242 e. The van der Waals surface area contributed by atoms with Crippen LogP contribution in [0.4, 0.5) is 0 Å². The zero-order valence-corrected chi connectivity index (χ0v) is 10.1. The molecule has 18 heavy (non-hydrogen) atoms. The molecule has 2 rings (SSSR count). The van der Waals surface area contributed by atoms with Gasteiger partial charge in [-0.3, -0.25) is 9.59 Å². The molecular weight excluding hydrogens is 230 g/mol. The minimum absolute atomic E-state index is 0.130. The lowest BCUT2D eigenvalue weighted by molar-refractivity contribution is -0.130. The third-order valence-corrected chi connectivity index (χ3v) is 3.04. The van der Waals surface area contributed by atoms with Gasteiger partial charge in [-0.2, -0.15) is 0 Å². The topological polar surface area (TPSA) is 84.2 Å². The van der Waals surface area contributed by atoms with Crippen molar-refractivity contribution in [2.75, 3.05) is 6.54 Å². The number of nitrogens with two attached hydrogens (primary N) is 1. The highest BCUT2D eigenvalue weighted by Gasteiger charge is 2.26. The van der Waals surface area contributed by atoms with Crippen LogP contribution in [0.3, 0.4) is 0 Å². The molecule has 1 unspecified atom stereocenters. The molecule has 0 bridgehead atoms. The number of rotatable bonds is 3. The molecule has 96 valence electrons. The molecule has 1 aliphatic heterocycles. The molecule has 1 aromatic carbocycles. The normalized spacial score (nSPS) is 20.9. The van der Waals surface area contributed by atoms with Crippen molar-refractivity contribution in [2.24, 2.45) is 5.73 Å². The van der Waals surface area contributed by atoms with Gasteiger partial charge in [-0.25, -0.2) is 0 Å². The van der Waals surface area contributed by atoms with Gasteiger partial charge in [-0.05, 0) is 18.4 Å². The number of carbonyl (C=O) groups excluding carboxylic acids is 2. The van der Waals surface area contributed by atoms with Crippen molar-refractivity contribution in [3.05, 3.63) is 35.9 Å². The standard InChI is InChI=1S/C13H17N3O2/c14-11(9-5-2-1-3-6-9)13(18)16-10-7-4-8-15-12(10)17/h1-3,5-6,10-11H,4,7-8,14H2,(H,15,17)(H,16,18)/t10?,11-/m1/s1. The van der Waals surface area contributed by atoms with E-state index in [1.165, 1.54) is 0 Å². The predicted octanol–water partition coefficient (Wildman–Crippen LogP) is 0.0812. The molecule has 1 aromatic rings. The molecule has 5 nitrogen and oxygen atoms in total. The van der Waals surface area contributed by atoms with Gasteiger partial charge in [0.25, 0.3) is 0 Å². The maximum absolute atomic E-state index is 11.9. The first-order valence-corrected chi connectivity index (χ1v) is 6.07. The molecule has 0 radical (unpaired) electrons. The molecule has 2 amide bonds. The summed E-state index contributed by atoms with van der Waals surface area (Å²) in [5, 5.41) is 5.41. The summed E-state index contributed by atoms with van der Waals surface area (Å²) in [6.07, 6.45) is 1.54. The van der Waals surface area contributed by atoms with E-state index in [1.54, 1.807) is 12.1 Å². The molecule has 1 saturated heterocycles. The van der Waals surface area contributed by atoms with Crippen LogP contribution >= 0.6 is 0 Å². The molecule has 2 atom stereocenters. The highest BCUT2D eigenvalue weighted by molar-refractivity contribution is 5.90. The molecule has 1 aliphatic rings. The van der Waals surface area contributed by atoms with E-state index in [1.807, 2.05) is 18.2 Å². The second-order valence-corrected chi connectivity index (χ2v) is 4.38. The molecule has 1 fully saturated rings. The molecular formula is C13H17N3O2. The molecule has 0 saturated carbocycles. The Hall–Kier alpha value is -1.88. The lowest BCUT2D eigenvalue weighted by Gasteiger charge is -2.24. The average molecular weight is 247 g/mol. The average Bonchev–Trinajstić information content (AvgIpc) is 2.41. The summed E-state index contributed by atoms with van der Waals surface area (Å²) in [6.45, 7) is 0.677. The summed E-state index contributed by atoms with van der Waals surface area (Å²) in [5.74, 6) is -0.446. The Bertz CT molecular complexity index is 433. The van der Waals surface area contributed by atoms with Crippen molar-refractivity contribution in [2.45, 2.75) is 24.9 Å². The van der Waals surface area contributed by atoms with E-state index in [0.29, 0.717) is 13.0 Å². The predicted molar refractivity (Wildman–Crippen MR) is 67.5 cm³/mol. The third kappa shape index (κ3) is 2.87. The molecule has 1 heterocycles. The highest BCUT2D eigenvalue weighted by atomic mass is 16.2. The fourth-order valence-electron chi connectivity index (χ4n) is 1.98. The van der Waals surface area contributed by atoms with Crippen LogP contribution in [0.15, 0.2) is 30.3 Å². The number of nitrogens with one attached hydrogen (secondary N) is 2. The van der Waals surface area contributed by atoms with Gasteiger partial charge in [0, 0.05) is 6.54 Å². The zero-order chi connectivity index (χ0) is 13.0. The van der Waals surface area contributed by atoms with Gasteiger partial charge in [0.05, 0.1) is 0 Å². The Balaban J connectivity index is 1.97. The minimum atomic E-state index is -0.735. The van der Waals surface area contributed by atoms with E-state index in [0.717, 1.165) is 12.0 Å². The van der Waals surface area contributed by atoms with E-state index in [9.17, 15) is 9.59 Å². The van der Waals surface area contributed by atoms with Crippen molar-refractivity contribution >= 4 is 11.8 Å². The number of hydrogen-bond donors (Lipinski definition) is 3. The Kier molecular flexibility index (Phi) is 3.94. The van der Waals surface area contributed by atoms with Crippen LogP contribution in [0.5, 0.6) is 0 Å². The van der Waals surface area contributed by atoms with Crippen LogP contribution in [-0.2, 0) is 9.59 Å². The molecule has 0 aliphatic carbocycles. The van der Waals surface area contributed by atoms with Crippen molar-refractivity contribution in [3.8, 4) is 0 Å². The fraction of sp³-hybridized carbons (Fsp3) is 0.385. The highest BCUT2D eigenvalue weighted by Crippen LogP contribution is 2.11. The summed E-state index contributed by atoms with van der Waals surface area (Å²) in [6, 6.07) is 7.92. The van der Waals surface area contributed by atoms with Crippen LogP contribution in [-0.4, -0.2) is 24.4 Å². The summed E-state index contributed by atoms with van der Waals surface area (Å²) >= 11 is 0.